The molecule has 0 aromatic heterocycles. The van der Waals surface area contributed by atoms with Crippen molar-refractivity contribution in [2.75, 3.05) is 0 Å². The number of aliphatic hydroxyl groups excluding tert-OH is 2. The summed E-state index contributed by atoms with van der Waals surface area (Å²) in [5, 5.41) is 18.6. The van der Waals surface area contributed by atoms with Crippen molar-refractivity contribution in [3.05, 3.63) is 35.9 Å². The summed E-state index contributed by atoms with van der Waals surface area (Å²) in [7, 11) is 0. The Hall–Kier alpha value is -0.860. The second kappa shape index (κ2) is 4.24. The summed E-state index contributed by atoms with van der Waals surface area (Å²) in [6.45, 7) is 1.67. The molecule has 66 valence electrons. The zero-order valence-corrected chi connectivity index (χ0v) is 7.14. The topological polar surface area (TPSA) is 40.5 Å². The fraction of sp³-hybridized carbons (Fsp3) is 0.400. The number of benzene rings is 1. The van der Waals surface area contributed by atoms with Gasteiger partial charge >= 0.3 is 0 Å². The monoisotopic (exact) mass is 166 g/mol. The van der Waals surface area contributed by atoms with Gasteiger partial charge in [0, 0.05) is 6.42 Å². The SMILES string of the molecule is C[C@H](O)CC(O)c1ccccc1. The molecule has 1 aromatic carbocycles. The van der Waals surface area contributed by atoms with Crippen molar-refractivity contribution in [2.24, 2.45) is 0 Å². The highest BCUT2D eigenvalue weighted by Crippen LogP contribution is 2.17. The maximum atomic E-state index is 9.53. The van der Waals surface area contributed by atoms with Crippen molar-refractivity contribution < 1.29 is 10.2 Å². The molecule has 1 rings (SSSR count). The van der Waals surface area contributed by atoms with Gasteiger partial charge in [0.1, 0.15) is 0 Å². The Labute approximate surface area is 72.5 Å². The summed E-state index contributed by atoms with van der Waals surface area (Å²) in [6.07, 6.45) is -0.615. The van der Waals surface area contributed by atoms with Crippen LogP contribution in [0, 0.1) is 0 Å². The minimum Gasteiger partial charge on any atom is -0.393 e. The van der Waals surface area contributed by atoms with Crippen LogP contribution < -0.4 is 0 Å². The first-order valence-electron chi connectivity index (χ1n) is 4.11. The Bertz CT molecular complexity index is 219. The molecule has 0 heterocycles. The van der Waals surface area contributed by atoms with Gasteiger partial charge in [0.2, 0.25) is 0 Å². The lowest BCUT2D eigenvalue weighted by atomic mass is 10.0. The van der Waals surface area contributed by atoms with E-state index in [1.807, 2.05) is 30.3 Å². The Kier molecular flexibility index (Phi) is 3.26. The maximum absolute atomic E-state index is 9.53. The third-order valence-corrected chi connectivity index (χ3v) is 1.75. The molecule has 1 aromatic rings. The van der Waals surface area contributed by atoms with E-state index in [1.165, 1.54) is 0 Å². The largest absolute Gasteiger partial charge is 0.393 e. The first-order chi connectivity index (χ1) is 5.70. The summed E-state index contributed by atoms with van der Waals surface area (Å²) in [5.41, 5.74) is 0.860. The molecule has 0 aliphatic carbocycles. The molecule has 12 heavy (non-hydrogen) atoms. The standard InChI is InChI=1S/C10H14O2/c1-8(11)7-10(12)9-5-3-2-4-6-9/h2-6,8,10-12H,7H2,1H3/t8-,10?/m0/s1. The Morgan fingerprint density at radius 3 is 2.25 bits per heavy atom. The third-order valence-electron chi connectivity index (χ3n) is 1.75. The highest BCUT2D eigenvalue weighted by molar-refractivity contribution is 5.17. The molecule has 2 atom stereocenters. The molecule has 0 fully saturated rings. The Morgan fingerprint density at radius 2 is 1.75 bits per heavy atom. The summed E-state index contributed by atoms with van der Waals surface area (Å²) < 4.78 is 0. The van der Waals surface area contributed by atoms with Crippen molar-refractivity contribution in [1.82, 2.24) is 0 Å². The smallest absolute Gasteiger partial charge is 0.0814 e. The predicted molar refractivity (Wildman–Crippen MR) is 47.7 cm³/mol. The van der Waals surface area contributed by atoms with Crippen molar-refractivity contribution in [2.45, 2.75) is 25.6 Å². The van der Waals surface area contributed by atoms with Gasteiger partial charge in [-0.2, -0.15) is 0 Å². The van der Waals surface area contributed by atoms with Crippen molar-refractivity contribution in [3.63, 3.8) is 0 Å². The van der Waals surface area contributed by atoms with E-state index >= 15 is 0 Å². The Morgan fingerprint density at radius 1 is 1.17 bits per heavy atom. The van der Waals surface area contributed by atoms with Crippen LogP contribution >= 0.6 is 0 Å². The average Bonchev–Trinajstić information content (AvgIpc) is 2.05. The van der Waals surface area contributed by atoms with Gasteiger partial charge in [-0.1, -0.05) is 30.3 Å². The fourth-order valence-corrected chi connectivity index (χ4v) is 1.13. The maximum Gasteiger partial charge on any atom is 0.0814 e. The van der Waals surface area contributed by atoms with Crippen LogP contribution in [0.4, 0.5) is 0 Å². The molecule has 0 amide bonds. The van der Waals surface area contributed by atoms with E-state index in [9.17, 15) is 5.11 Å². The summed E-state index contributed by atoms with van der Waals surface area (Å²) in [4.78, 5) is 0. The van der Waals surface area contributed by atoms with Gasteiger partial charge in [-0.3, -0.25) is 0 Å². The lowest BCUT2D eigenvalue weighted by Gasteiger charge is -2.11. The average molecular weight is 166 g/mol. The van der Waals surface area contributed by atoms with Crippen LogP contribution in [0.25, 0.3) is 0 Å². The van der Waals surface area contributed by atoms with E-state index in [0.29, 0.717) is 6.42 Å². The number of rotatable bonds is 3. The Balaban J connectivity index is 2.59. The predicted octanol–water partition coefficient (Wildman–Crippen LogP) is 1.49. The van der Waals surface area contributed by atoms with E-state index in [1.54, 1.807) is 6.92 Å². The zero-order chi connectivity index (χ0) is 8.97. The third kappa shape index (κ3) is 2.64. The lowest BCUT2D eigenvalue weighted by molar-refractivity contribution is 0.0907. The summed E-state index contributed by atoms with van der Waals surface area (Å²) in [5.74, 6) is 0. The van der Waals surface area contributed by atoms with Crippen LogP contribution in [0.1, 0.15) is 25.0 Å². The molecule has 0 aliphatic rings. The quantitative estimate of drug-likeness (QED) is 0.714. The molecule has 2 nitrogen and oxygen atoms in total. The molecule has 0 saturated carbocycles. The fourth-order valence-electron chi connectivity index (χ4n) is 1.13. The molecule has 0 saturated heterocycles. The highest BCUT2D eigenvalue weighted by atomic mass is 16.3. The van der Waals surface area contributed by atoms with Gasteiger partial charge < -0.3 is 10.2 Å². The minimum absolute atomic E-state index is 0.393. The summed E-state index contributed by atoms with van der Waals surface area (Å²) in [6, 6.07) is 9.36. The van der Waals surface area contributed by atoms with Crippen LogP contribution in [0.5, 0.6) is 0 Å². The molecular formula is C10H14O2. The van der Waals surface area contributed by atoms with Gasteiger partial charge in [-0.15, -0.1) is 0 Å². The molecule has 2 heteroatoms. The van der Waals surface area contributed by atoms with Crippen LogP contribution in [0.3, 0.4) is 0 Å². The normalized spacial score (nSPS) is 15.6. The molecule has 2 N–H and O–H groups in total. The summed E-state index contributed by atoms with van der Waals surface area (Å²) >= 11 is 0. The van der Waals surface area contributed by atoms with Gasteiger partial charge in [0.25, 0.3) is 0 Å². The van der Waals surface area contributed by atoms with Gasteiger partial charge in [0.05, 0.1) is 12.2 Å². The van der Waals surface area contributed by atoms with E-state index in [4.69, 9.17) is 5.11 Å². The first-order valence-corrected chi connectivity index (χ1v) is 4.11. The van der Waals surface area contributed by atoms with Crippen molar-refractivity contribution in [1.29, 1.82) is 0 Å². The van der Waals surface area contributed by atoms with Crippen LogP contribution in [0.15, 0.2) is 30.3 Å². The number of hydrogen-bond acceptors (Lipinski definition) is 2. The molecule has 1 unspecified atom stereocenters. The minimum atomic E-state index is -0.550. The van der Waals surface area contributed by atoms with E-state index in [-0.39, 0.29) is 0 Å². The lowest BCUT2D eigenvalue weighted by Crippen LogP contribution is -2.07. The van der Waals surface area contributed by atoms with Crippen LogP contribution in [0.2, 0.25) is 0 Å². The molecule has 0 bridgehead atoms. The highest BCUT2D eigenvalue weighted by Gasteiger charge is 2.08. The van der Waals surface area contributed by atoms with Crippen LogP contribution in [-0.2, 0) is 0 Å². The number of hydrogen-bond donors (Lipinski definition) is 2. The van der Waals surface area contributed by atoms with Crippen molar-refractivity contribution in [3.8, 4) is 0 Å². The van der Waals surface area contributed by atoms with Gasteiger partial charge in [0.15, 0.2) is 0 Å². The second-order valence-corrected chi connectivity index (χ2v) is 3.01. The van der Waals surface area contributed by atoms with E-state index in [2.05, 4.69) is 0 Å². The molecule has 0 aliphatic heterocycles. The van der Waals surface area contributed by atoms with Gasteiger partial charge in [-0.25, -0.2) is 0 Å². The zero-order valence-electron chi connectivity index (χ0n) is 7.14. The molecular weight excluding hydrogens is 152 g/mol. The second-order valence-electron chi connectivity index (χ2n) is 3.01. The van der Waals surface area contributed by atoms with E-state index < -0.39 is 12.2 Å². The molecule has 0 radical (unpaired) electrons. The van der Waals surface area contributed by atoms with Crippen molar-refractivity contribution >= 4 is 0 Å². The van der Waals surface area contributed by atoms with E-state index in [0.717, 1.165) is 5.56 Å². The van der Waals surface area contributed by atoms with Gasteiger partial charge in [-0.05, 0) is 12.5 Å². The first kappa shape index (κ1) is 9.23. The molecule has 0 spiro atoms. The number of aliphatic hydroxyl groups is 2. The van der Waals surface area contributed by atoms with Crippen LogP contribution in [-0.4, -0.2) is 16.3 Å².